The van der Waals surface area contributed by atoms with Gasteiger partial charge in [-0.1, -0.05) is 60.2 Å². The molecular weight excluding hydrogens is 300 g/mol. The number of nitrogens with zero attached hydrogens (tertiary/aromatic N) is 3. The van der Waals surface area contributed by atoms with Gasteiger partial charge < -0.3 is 10.8 Å². The molecule has 1 atom stereocenters. The maximum atomic E-state index is 10.4. The molecule has 5 heteroatoms. The number of benzene rings is 2. The van der Waals surface area contributed by atoms with Crippen molar-refractivity contribution in [3.05, 3.63) is 71.3 Å². The zero-order chi connectivity index (χ0) is 17.1. The lowest BCUT2D eigenvalue weighted by molar-refractivity contribution is 0.152. The number of rotatable bonds is 4. The maximum absolute atomic E-state index is 10.4. The van der Waals surface area contributed by atoms with E-state index >= 15 is 0 Å². The fraction of sp³-hybridized carbons (Fsp3) is 0.158. The Bertz CT molecular complexity index is 876. The van der Waals surface area contributed by atoms with Crippen LogP contribution in [0.3, 0.4) is 0 Å². The summed E-state index contributed by atoms with van der Waals surface area (Å²) < 4.78 is 1.49. The Morgan fingerprint density at radius 2 is 1.83 bits per heavy atom. The second-order valence-corrected chi connectivity index (χ2v) is 5.70. The van der Waals surface area contributed by atoms with Gasteiger partial charge in [0.05, 0.1) is 12.6 Å². The highest BCUT2D eigenvalue weighted by atomic mass is 16.3. The minimum atomic E-state index is -0.745. The lowest BCUT2D eigenvalue weighted by Gasteiger charge is -2.12. The summed E-state index contributed by atoms with van der Waals surface area (Å²) >= 11 is 0. The molecule has 0 aliphatic carbocycles. The van der Waals surface area contributed by atoms with Crippen molar-refractivity contribution in [3.63, 3.8) is 0 Å². The average Bonchev–Trinajstić information content (AvgIpc) is 2.92. The molecule has 0 aliphatic rings. The predicted octanol–water partition coefficient (Wildman–Crippen LogP) is 3.05. The maximum Gasteiger partial charge on any atom is 0.140 e. The average molecular weight is 318 g/mol. The molecule has 1 aromatic heterocycles. The van der Waals surface area contributed by atoms with Crippen molar-refractivity contribution in [3.8, 4) is 17.3 Å². The third-order valence-corrected chi connectivity index (χ3v) is 3.96. The van der Waals surface area contributed by atoms with Crippen LogP contribution in [-0.4, -0.2) is 14.9 Å². The molecule has 0 saturated carbocycles. The van der Waals surface area contributed by atoms with Crippen LogP contribution in [0.2, 0.25) is 0 Å². The first-order chi connectivity index (χ1) is 11.6. The van der Waals surface area contributed by atoms with E-state index in [2.05, 4.69) is 11.2 Å². The number of nitrogen functional groups attached to an aromatic ring is 1. The minimum absolute atomic E-state index is 0.191. The lowest BCUT2D eigenvalue weighted by Crippen LogP contribution is -2.12. The van der Waals surface area contributed by atoms with Crippen LogP contribution in [0.5, 0.6) is 0 Å². The summed E-state index contributed by atoms with van der Waals surface area (Å²) in [6.45, 7) is 2.19. The van der Waals surface area contributed by atoms with Crippen LogP contribution in [0, 0.1) is 18.3 Å². The van der Waals surface area contributed by atoms with E-state index < -0.39 is 6.10 Å². The Morgan fingerprint density at radius 3 is 2.46 bits per heavy atom. The van der Waals surface area contributed by atoms with Crippen molar-refractivity contribution < 1.29 is 5.11 Å². The molecule has 3 aromatic rings. The van der Waals surface area contributed by atoms with E-state index in [1.165, 1.54) is 4.68 Å². The van der Waals surface area contributed by atoms with Gasteiger partial charge in [-0.05, 0) is 12.5 Å². The SMILES string of the molecule is Cc1ccc(-c2nn(CC(O)c3ccccc3)c(N)c2C#N)cc1. The van der Waals surface area contributed by atoms with E-state index in [4.69, 9.17) is 5.73 Å². The summed E-state index contributed by atoms with van der Waals surface area (Å²) in [4.78, 5) is 0. The van der Waals surface area contributed by atoms with E-state index in [9.17, 15) is 10.4 Å². The van der Waals surface area contributed by atoms with Crippen LogP contribution < -0.4 is 5.73 Å². The minimum Gasteiger partial charge on any atom is -0.386 e. The molecule has 0 radical (unpaired) electrons. The first-order valence-corrected chi connectivity index (χ1v) is 7.66. The molecule has 0 fully saturated rings. The Kier molecular flexibility index (Phi) is 4.32. The summed E-state index contributed by atoms with van der Waals surface area (Å²) in [5.74, 6) is 0.267. The fourth-order valence-electron chi connectivity index (χ4n) is 2.58. The predicted molar refractivity (Wildman–Crippen MR) is 92.9 cm³/mol. The standard InChI is InChI=1S/C19H18N4O/c1-13-7-9-15(10-8-13)18-16(11-20)19(21)23(22-18)12-17(24)14-5-3-2-4-6-14/h2-10,17,24H,12,21H2,1H3. The van der Waals surface area contributed by atoms with Crippen LogP contribution in [-0.2, 0) is 6.54 Å². The third-order valence-electron chi connectivity index (χ3n) is 3.96. The molecule has 5 nitrogen and oxygen atoms in total. The van der Waals surface area contributed by atoms with Crippen LogP contribution in [0.4, 0.5) is 5.82 Å². The van der Waals surface area contributed by atoms with Crippen molar-refractivity contribution in [2.75, 3.05) is 5.73 Å². The zero-order valence-electron chi connectivity index (χ0n) is 13.3. The zero-order valence-corrected chi connectivity index (χ0v) is 13.3. The van der Waals surface area contributed by atoms with Crippen molar-refractivity contribution >= 4 is 5.82 Å². The molecule has 1 heterocycles. The van der Waals surface area contributed by atoms with Gasteiger partial charge in [0.15, 0.2) is 0 Å². The van der Waals surface area contributed by atoms with Crippen LogP contribution in [0.1, 0.15) is 22.8 Å². The molecule has 3 N–H and O–H groups in total. The van der Waals surface area contributed by atoms with Crippen molar-refractivity contribution in [1.29, 1.82) is 5.26 Å². The summed E-state index contributed by atoms with van der Waals surface area (Å²) in [5, 5.41) is 24.3. The molecule has 3 rings (SSSR count). The number of anilines is 1. The van der Waals surface area contributed by atoms with E-state index in [1.54, 1.807) is 0 Å². The number of hydrogen-bond acceptors (Lipinski definition) is 4. The monoisotopic (exact) mass is 318 g/mol. The van der Waals surface area contributed by atoms with Gasteiger partial charge in [0.1, 0.15) is 23.1 Å². The van der Waals surface area contributed by atoms with Crippen molar-refractivity contribution in [2.45, 2.75) is 19.6 Å². The van der Waals surface area contributed by atoms with Gasteiger partial charge in [0.2, 0.25) is 0 Å². The fourth-order valence-corrected chi connectivity index (χ4v) is 2.58. The Hall–Kier alpha value is -3.10. The molecule has 0 bridgehead atoms. The highest BCUT2D eigenvalue weighted by Crippen LogP contribution is 2.28. The van der Waals surface area contributed by atoms with Gasteiger partial charge in [0.25, 0.3) is 0 Å². The lowest BCUT2D eigenvalue weighted by atomic mass is 10.1. The number of aliphatic hydroxyl groups excluding tert-OH is 1. The van der Waals surface area contributed by atoms with Crippen molar-refractivity contribution in [1.82, 2.24) is 9.78 Å². The molecule has 0 amide bonds. The number of nitriles is 1. The molecule has 2 aromatic carbocycles. The van der Waals surface area contributed by atoms with E-state index in [1.807, 2.05) is 61.5 Å². The molecule has 1 unspecified atom stereocenters. The molecular formula is C19H18N4O. The first kappa shape index (κ1) is 15.8. The molecule has 0 aliphatic heterocycles. The Morgan fingerprint density at radius 1 is 1.17 bits per heavy atom. The second-order valence-electron chi connectivity index (χ2n) is 5.70. The summed E-state index contributed by atoms with van der Waals surface area (Å²) in [7, 11) is 0. The highest BCUT2D eigenvalue weighted by molar-refractivity contribution is 5.72. The van der Waals surface area contributed by atoms with E-state index in [0.717, 1.165) is 16.7 Å². The third kappa shape index (κ3) is 3.00. The summed E-state index contributed by atoms with van der Waals surface area (Å²) in [5.41, 5.74) is 9.68. The van der Waals surface area contributed by atoms with Crippen LogP contribution in [0.15, 0.2) is 54.6 Å². The largest absolute Gasteiger partial charge is 0.386 e. The smallest absolute Gasteiger partial charge is 0.140 e. The van der Waals surface area contributed by atoms with Gasteiger partial charge in [-0.3, -0.25) is 0 Å². The quantitative estimate of drug-likeness (QED) is 0.774. The second kappa shape index (κ2) is 6.57. The highest BCUT2D eigenvalue weighted by Gasteiger charge is 2.19. The number of hydrogen-bond donors (Lipinski definition) is 2. The van der Waals surface area contributed by atoms with Gasteiger partial charge >= 0.3 is 0 Å². The number of nitrogens with two attached hydrogens (primary N) is 1. The molecule has 120 valence electrons. The van der Waals surface area contributed by atoms with Gasteiger partial charge in [-0.15, -0.1) is 0 Å². The Labute approximate surface area is 140 Å². The van der Waals surface area contributed by atoms with Gasteiger partial charge in [0, 0.05) is 5.56 Å². The van der Waals surface area contributed by atoms with E-state index in [0.29, 0.717) is 11.3 Å². The normalized spacial score (nSPS) is 11.9. The van der Waals surface area contributed by atoms with Gasteiger partial charge in [-0.25, -0.2) is 4.68 Å². The van der Waals surface area contributed by atoms with Crippen LogP contribution in [0.25, 0.3) is 11.3 Å². The van der Waals surface area contributed by atoms with E-state index in [-0.39, 0.29) is 12.4 Å². The van der Waals surface area contributed by atoms with Gasteiger partial charge in [-0.2, -0.15) is 10.4 Å². The van der Waals surface area contributed by atoms with Crippen molar-refractivity contribution in [2.24, 2.45) is 0 Å². The first-order valence-electron chi connectivity index (χ1n) is 7.66. The number of aromatic nitrogens is 2. The van der Waals surface area contributed by atoms with Crippen LogP contribution >= 0.6 is 0 Å². The summed E-state index contributed by atoms with van der Waals surface area (Å²) in [6, 6.07) is 19.2. The number of aryl methyl sites for hydroxylation is 1. The summed E-state index contributed by atoms with van der Waals surface area (Å²) in [6.07, 6.45) is -0.745. The molecule has 0 saturated heterocycles. The topological polar surface area (TPSA) is 87.9 Å². The number of aliphatic hydroxyl groups is 1. The molecule has 0 spiro atoms. The molecule has 24 heavy (non-hydrogen) atoms. The Balaban J connectivity index is 1.95.